The summed E-state index contributed by atoms with van der Waals surface area (Å²) in [6.45, 7) is 3.15. The lowest BCUT2D eigenvalue weighted by atomic mass is 10.2. The molecule has 24 heavy (non-hydrogen) atoms. The van der Waals surface area contributed by atoms with E-state index in [9.17, 15) is 4.79 Å². The topological polar surface area (TPSA) is 59.6 Å². The van der Waals surface area contributed by atoms with Crippen LogP contribution in [0.1, 0.15) is 11.1 Å². The van der Waals surface area contributed by atoms with Crippen LogP contribution in [0.5, 0.6) is 11.5 Å². The van der Waals surface area contributed by atoms with Crippen LogP contribution in [0.25, 0.3) is 0 Å². The van der Waals surface area contributed by atoms with Gasteiger partial charge in [-0.25, -0.2) is 4.79 Å². The first-order valence-electron chi connectivity index (χ1n) is 7.62. The van der Waals surface area contributed by atoms with Gasteiger partial charge < -0.3 is 20.1 Å². The Balaban J connectivity index is 1.66. The van der Waals surface area contributed by atoms with Crippen molar-refractivity contribution in [2.24, 2.45) is 0 Å². The SMILES string of the molecule is COc1ccc(CNC(=O)NCCOc2cc(C)ccc2Cl)cc1. The summed E-state index contributed by atoms with van der Waals surface area (Å²) in [4.78, 5) is 11.7. The minimum Gasteiger partial charge on any atom is -0.497 e. The number of ether oxygens (including phenoxy) is 2. The van der Waals surface area contributed by atoms with Crippen LogP contribution < -0.4 is 20.1 Å². The van der Waals surface area contributed by atoms with E-state index in [1.807, 2.05) is 43.3 Å². The molecule has 0 unspecified atom stereocenters. The summed E-state index contributed by atoms with van der Waals surface area (Å²) < 4.78 is 10.7. The van der Waals surface area contributed by atoms with Crippen molar-refractivity contribution in [3.05, 3.63) is 58.6 Å². The summed E-state index contributed by atoms with van der Waals surface area (Å²) in [5.74, 6) is 1.41. The second-order valence-electron chi connectivity index (χ2n) is 5.24. The quantitative estimate of drug-likeness (QED) is 0.752. The first kappa shape index (κ1) is 17.9. The Morgan fingerprint density at radius 1 is 1.12 bits per heavy atom. The van der Waals surface area contributed by atoms with E-state index < -0.39 is 0 Å². The molecule has 0 fully saturated rings. The van der Waals surface area contributed by atoms with E-state index in [2.05, 4.69) is 10.6 Å². The van der Waals surface area contributed by atoms with Gasteiger partial charge in [-0.2, -0.15) is 0 Å². The number of halogens is 1. The third kappa shape index (κ3) is 5.66. The van der Waals surface area contributed by atoms with Crippen LogP contribution in [0.3, 0.4) is 0 Å². The van der Waals surface area contributed by atoms with Crippen LogP contribution in [-0.2, 0) is 6.54 Å². The number of methoxy groups -OCH3 is 1. The Bertz CT molecular complexity index is 674. The molecule has 6 heteroatoms. The smallest absolute Gasteiger partial charge is 0.315 e. The van der Waals surface area contributed by atoms with Crippen LogP contribution in [0.4, 0.5) is 4.79 Å². The van der Waals surface area contributed by atoms with E-state index in [-0.39, 0.29) is 6.03 Å². The molecule has 0 aliphatic rings. The molecule has 0 radical (unpaired) electrons. The zero-order chi connectivity index (χ0) is 17.4. The van der Waals surface area contributed by atoms with Gasteiger partial charge in [0.25, 0.3) is 0 Å². The van der Waals surface area contributed by atoms with Gasteiger partial charge >= 0.3 is 6.03 Å². The van der Waals surface area contributed by atoms with E-state index >= 15 is 0 Å². The summed E-state index contributed by atoms with van der Waals surface area (Å²) in [7, 11) is 1.62. The van der Waals surface area contributed by atoms with E-state index in [1.54, 1.807) is 13.2 Å². The van der Waals surface area contributed by atoms with Crippen LogP contribution in [0.15, 0.2) is 42.5 Å². The van der Waals surface area contributed by atoms with Crippen molar-refractivity contribution in [1.82, 2.24) is 10.6 Å². The fraction of sp³-hybridized carbons (Fsp3) is 0.278. The van der Waals surface area contributed by atoms with E-state index in [4.69, 9.17) is 21.1 Å². The van der Waals surface area contributed by atoms with Crippen LogP contribution in [0.2, 0.25) is 5.02 Å². The minimum atomic E-state index is -0.246. The Hall–Kier alpha value is -2.40. The number of benzene rings is 2. The van der Waals surface area contributed by atoms with Gasteiger partial charge in [0.1, 0.15) is 18.1 Å². The van der Waals surface area contributed by atoms with Crippen molar-refractivity contribution in [3.8, 4) is 11.5 Å². The number of carbonyl (C=O) groups excluding carboxylic acids is 1. The number of urea groups is 1. The number of hydrogen-bond donors (Lipinski definition) is 2. The Morgan fingerprint density at radius 2 is 1.88 bits per heavy atom. The molecule has 2 aromatic carbocycles. The highest BCUT2D eigenvalue weighted by Crippen LogP contribution is 2.24. The zero-order valence-electron chi connectivity index (χ0n) is 13.8. The maximum absolute atomic E-state index is 11.7. The van der Waals surface area contributed by atoms with Crippen molar-refractivity contribution in [1.29, 1.82) is 0 Å². The average Bonchev–Trinajstić information content (AvgIpc) is 2.60. The molecule has 2 rings (SSSR count). The molecule has 2 amide bonds. The first-order valence-corrected chi connectivity index (χ1v) is 8.00. The summed E-state index contributed by atoms with van der Waals surface area (Å²) in [5.41, 5.74) is 2.06. The van der Waals surface area contributed by atoms with E-state index in [0.717, 1.165) is 16.9 Å². The van der Waals surface area contributed by atoms with Gasteiger partial charge in [0.2, 0.25) is 0 Å². The molecule has 0 aromatic heterocycles. The molecule has 0 aliphatic heterocycles. The monoisotopic (exact) mass is 348 g/mol. The van der Waals surface area contributed by atoms with Gasteiger partial charge in [0, 0.05) is 6.54 Å². The number of nitrogens with one attached hydrogen (secondary N) is 2. The number of aryl methyl sites for hydroxylation is 1. The van der Waals surface area contributed by atoms with Crippen molar-refractivity contribution >= 4 is 17.6 Å². The van der Waals surface area contributed by atoms with Gasteiger partial charge in [0.15, 0.2) is 0 Å². The molecule has 2 aromatic rings. The second-order valence-corrected chi connectivity index (χ2v) is 5.65. The molecular formula is C18H21ClN2O3. The van der Waals surface area contributed by atoms with E-state index in [1.165, 1.54) is 0 Å². The number of amides is 2. The minimum absolute atomic E-state index is 0.246. The Kier molecular flexibility index (Phi) is 6.75. The van der Waals surface area contributed by atoms with E-state index in [0.29, 0.717) is 30.5 Å². The van der Waals surface area contributed by atoms with Crippen molar-refractivity contribution in [2.75, 3.05) is 20.3 Å². The standard InChI is InChI=1S/C18H21ClN2O3/c1-13-3-8-16(19)17(11-13)24-10-9-20-18(22)21-12-14-4-6-15(23-2)7-5-14/h3-8,11H,9-10,12H2,1-2H3,(H2,20,21,22). The molecule has 0 saturated carbocycles. The highest BCUT2D eigenvalue weighted by molar-refractivity contribution is 6.32. The second kappa shape index (κ2) is 9.03. The number of rotatable bonds is 7. The molecule has 128 valence electrons. The summed E-state index contributed by atoms with van der Waals surface area (Å²) in [6, 6.07) is 12.9. The average molecular weight is 349 g/mol. The maximum atomic E-state index is 11.7. The predicted octanol–water partition coefficient (Wildman–Crippen LogP) is 3.54. The van der Waals surface area contributed by atoms with Gasteiger partial charge in [-0.1, -0.05) is 29.8 Å². The molecule has 5 nitrogen and oxygen atoms in total. The van der Waals surface area contributed by atoms with Gasteiger partial charge in [-0.15, -0.1) is 0 Å². The van der Waals surface area contributed by atoms with Crippen molar-refractivity contribution < 1.29 is 14.3 Å². The predicted molar refractivity (Wildman–Crippen MR) is 94.9 cm³/mol. The van der Waals surface area contributed by atoms with Crippen LogP contribution in [-0.4, -0.2) is 26.3 Å². The summed E-state index contributed by atoms with van der Waals surface area (Å²) in [5, 5.41) is 6.08. The summed E-state index contributed by atoms with van der Waals surface area (Å²) >= 11 is 6.04. The third-order valence-corrected chi connectivity index (χ3v) is 3.66. The van der Waals surface area contributed by atoms with Crippen molar-refractivity contribution in [3.63, 3.8) is 0 Å². The number of carbonyl (C=O) groups is 1. The molecule has 0 bridgehead atoms. The fourth-order valence-corrected chi connectivity index (χ4v) is 2.21. The molecule has 0 saturated heterocycles. The Labute approximate surface area is 146 Å². The molecule has 0 heterocycles. The largest absolute Gasteiger partial charge is 0.497 e. The normalized spacial score (nSPS) is 10.1. The molecular weight excluding hydrogens is 328 g/mol. The number of hydrogen-bond acceptors (Lipinski definition) is 3. The van der Waals surface area contributed by atoms with Gasteiger partial charge in [-0.05, 0) is 42.3 Å². The van der Waals surface area contributed by atoms with Crippen LogP contribution in [0, 0.1) is 6.92 Å². The van der Waals surface area contributed by atoms with Gasteiger partial charge in [0.05, 0.1) is 18.7 Å². The lowest BCUT2D eigenvalue weighted by molar-refractivity contribution is 0.236. The fourth-order valence-electron chi connectivity index (χ4n) is 2.03. The lowest BCUT2D eigenvalue weighted by Gasteiger charge is -2.11. The van der Waals surface area contributed by atoms with Gasteiger partial charge in [-0.3, -0.25) is 0 Å². The first-order chi connectivity index (χ1) is 11.6. The Morgan fingerprint density at radius 3 is 2.58 bits per heavy atom. The highest BCUT2D eigenvalue weighted by atomic mass is 35.5. The third-order valence-electron chi connectivity index (χ3n) is 3.34. The van der Waals surface area contributed by atoms with Crippen LogP contribution >= 0.6 is 11.6 Å². The molecule has 0 spiro atoms. The molecule has 0 aliphatic carbocycles. The molecule has 0 atom stereocenters. The summed E-state index contributed by atoms with van der Waals surface area (Å²) in [6.07, 6.45) is 0. The lowest BCUT2D eigenvalue weighted by Crippen LogP contribution is -2.37. The molecule has 2 N–H and O–H groups in total. The zero-order valence-corrected chi connectivity index (χ0v) is 14.5. The van der Waals surface area contributed by atoms with Crippen molar-refractivity contribution in [2.45, 2.75) is 13.5 Å². The maximum Gasteiger partial charge on any atom is 0.315 e. The highest BCUT2D eigenvalue weighted by Gasteiger charge is 2.03.